The minimum Gasteiger partial charge on any atom is -0.490 e. The van der Waals surface area contributed by atoms with Gasteiger partial charge in [0.2, 0.25) is 5.91 Å². The van der Waals surface area contributed by atoms with Crippen molar-refractivity contribution >= 4 is 57.2 Å². The van der Waals surface area contributed by atoms with Crippen molar-refractivity contribution in [2.24, 2.45) is 5.10 Å². The Kier molecular flexibility index (Phi) is 10.1. The highest BCUT2D eigenvalue weighted by atomic mass is 79.9. The molecule has 2 aromatic carbocycles. The van der Waals surface area contributed by atoms with Gasteiger partial charge >= 0.3 is 0 Å². The zero-order chi connectivity index (χ0) is 22.8. The summed E-state index contributed by atoms with van der Waals surface area (Å²) in [6.45, 7) is 4.90. The topological polar surface area (TPSA) is 89.0 Å². The van der Waals surface area contributed by atoms with Crippen LogP contribution in [0.2, 0.25) is 10.0 Å². The number of benzene rings is 2. The third-order valence-electron chi connectivity index (χ3n) is 3.84. The highest BCUT2D eigenvalue weighted by molar-refractivity contribution is 9.10. The third-order valence-corrected chi connectivity index (χ3v) is 5.17. The van der Waals surface area contributed by atoms with Gasteiger partial charge in [0, 0.05) is 18.5 Å². The van der Waals surface area contributed by atoms with Gasteiger partial charge in [-0.15, -0.1) is 0 Å². The number of rotatable bonds is 10. The van der Waals surface area contributed by atoms with Gasteiger partial charge in [-0.3, -0.25) is 9.59 Å². The molecule has 31 heavy (non-hydrogen) atoms. The number of hydrazone groups is 1. The van der Waals surface area contributed by atoms with E-state index in [4.69, 9.17) is 32.7 Å². The molecule has 0 radical (unpaired) electrons. The minimum atomic E-state index is -0.349. The van der Waals surface area contributed by atoms with Crippen LogP contribution in [0.25, 0.3) is 0 Å². The van der Waals surface area contributed by atoms with Gasteiger partial charge in [0.25, 0.3) is 5.91 Å². The van der Waals surface area contributed by atoms with Gasteiger partial charge in [-0.05, 0) is 65.7 Å². The molecule has 0 fully saturated rings. The van der Waals surface area contributed by atoms with Crippen molar-refractivity contribution in [3.63, 3.8) is 0 Å². The van der Waals surface area contributed by atoms with Crippen molar-refractivity contribution in [1.29, 1.82) is 0 Å². The molecule has 0 aliphatic rings. The van der Waals surface area contributed by atoms with E-state index < -0.39 is 0 Å². The van der Waals surface area contributed by atoms with E-state index in [9.17, 15) is 9.59 Å². The Balaban J connectivity index is 1.86. The number of carbonyl (C=O) groups excluding carboxylic acids is 2. The predicted molar refractivity (Wildman–Crippen MR) is 126 cm³/mol. The second-order valence-electron chi connectivity index (χ2n) is 6.12. The number of ether oxygens (including phenoxy) is 2. The Morgan fingerprint density at radius 1 is 1.10 bits per heavy atom. The predicted octanol–water partition coefficient (Wildman–Crippen LogP) is 4.82. The van der Waals surface area contributed by atoms with Crippen LogP contribution >= 0.6 is 39.1 Å². The largest absolute Gasteiger partial charge is 0.490 e. The first-order chi connectivity index (χ1) is 14.8. The normalized spacial score (nSPS) is 10.7. The summed E-state index contributed by atoms with van der Waals surface area (Å²) in [6, 6.07) is 8.14. The van der Waals surface area contributed by atoms with Crippen molar-refractivity contribution in [3.05, 3.63) is 56.0 Å². The van der Waals surface area contributed by atoms with E-state index in [1.54, 1.807) is 18.2 Å². The maximum atomic E-state index is 12.1. The molecule has 10 heteroatoms. The molecular weight excluding hydrogens is 509 g/mol. The lowest BCUT2D eigenvalue weighted by Gasteiger charge is -2.13. The molecule has 2 aromatic rings. The maximum absolute atomic E-state index is 12.1. The standard InChI is InChI=1S/C21H22BrCl2N3O4/c1-3-30-18-10-13(9-15(22)20(18)31-4-2)12-26-27-19(28)7-8-25-21(29)14-5-6-16(23)17(24)11-14/h5-6,9-12H,3-4,7-8H2,1-2H3,(H,25,29)(H,27,28). The molecule has 7 nitrogen and oxygen atoms in total. The number of halogens is 3. The number of carbonyl (C=O) groups is 2. The second kappa shape index (κ2) is 12.5. The average molecular weight is 531 g/mol. The Morgan fingerprint density at radius 3 is 2.52 bits per heavy atom. The molecule has 0 bridgehead atoms. The highest BCUT2D eigenvalue weighted by Crippen LogP contribution is 2.36. The lowest BCUT2D eigenvalue weighted by molar-refractivity contribution is -0.120. The smallest absolute Gasteiger partial charge is 0.251 e. The Morgan fingerprint density at radius 2 is 1.84 bits per heavy atom. The average Bonchev–Trinajstić information content (AvgIpc) is 2.72. The molecule has 0 unspecified atom stereocenters. The molecule has 2 amide bonds. The van der Waals surface area contributed by atoms with E-state index in [0.717, 1.165) is 4.47 Å². The van der Waals surface area contributed by atoms with Crippen LogP contribution in [0.4, 0.5) is 0 Å². The van der Waals surface area contributed by atoms with Gasteiger partial charge < -0.3 is 14.8 Å². The summed E-state index contributed by atoms with van der Waals surface area (Å²) in [5, 5.41) is 7.24. The molecular formula is C21H22BrCl2N3O4. The molecule has 0 heterocycles. The fourth-order valence-corrected chi connectivity index (χ4v) is 3.35. The van der Waals surface area contributed by atoms with Crippen LogP contribution in [0.15, 0.2) is 39.9 Å². The molecule has 0 aliphatic carbocycles. The highest BCUT2D eigenvalue weighted by Gasteiger charge is 2.12. The quantitative estimate of drug-likeness (QED) is 0.340. The van der Waals surface area contributed by atoms with Gasteiger partial charge in [-0.25, -0.2) is 5.43 Å². The molecule has 0 atom stereocenters. The number of hydrogen-bond acceptors (Lipinski definition) is 5. The van der Waals surface area contributed by atoms with Gasteiger partial charge in [-0.1, -0.05) is 23.2 Å². The number of amides is 2. The van der Waals surface area contributed by atoms with Crippen molar-refractivity contribution in [3.8, 4) is 11.5 Å². The number of nitrogens with zero attached hydrogens (tertiary/aromatic N) is 1. The van der Waals surface area contributed by atoms with Crippen LogP contribution in [0.1, 0.15) is 36.2 Å². The van der Waals surface area contributed by atoms with Gasteiger partial charge in [0.15, 0.2) is 11.5 Å². The van der Waals surface area contributed by atoms with Crippen LogP contribution in [-0.4, -0.2) is 37.8 Å². The van der Waals surface area contributed by atoms with Crippen molar-refractivity contribution in [2.45, 2.75) is 20.3 Å². The maximum Gasteiger partial charge on any atom is 0.251 e. The summed E-state index contributed by atoms with van der Waals surface area (Å²) in [6.07, 6.45) is 1.55. The molecule has 0 saturated heterocycles. The van der Waals surface area contributed by atoms with E-state index in [-0.39, 0.29) is 29.8 Å². The first-order valence-corrected chi connectivity index (χ1v) is 11.0. The van der Waals surface area contributed by atoms with Gasteiger partial charge in [0.1, 0.15) is 0 Å². The van der Waals surface area contributed by atoms with Crippen LogP contribution in [0, 0.1) is 0 Å². The minimum absolute atomic E-state index is 0.0571. The van der Waals surface area contributed by atoms with E-state index in [0.29, 0.717) is 40.9 Å². The summed E-state index contributed by atoms with van der Waals surface area (Å²) in [4.78, 5) is 24.0. The first-order valence-electron chi connectivity index (χ1n) is 9.50. The monoisotopic (exact) mass is 529 g/mol. The second-order valence-corrected chi connectivity index (χ2v) is 7.79. The molecule has 0 aromatic heterocycles. The van der Waals surface area contributed by atoms with E-state index in [2.05, 4.69) is 31.8 Å². The fourth-order valence-electron chi connectivity index (χ4n) is 2.47. The van der Waals surface area contributed by atoms with Crippen LogP contribution in [-0.2, 0) is 4.79 Å². The summed E-state index contributed by atoms with van der Waals surface area (Å²) in [5.74, 6) is 0.498. The van der Waals surface area contributed by atoms with E-state index in [1.165, 1.54) is 18.3 Å². The molecule has 2 N–H and O–H groups in total. The third kappa shape index (κ3) is 7.72. The SMILES string of the molecule is CCOc1cc(C=NNC(=O)CCNC(=O)c2ccc(Cl)c(Cl)c2)cc(Br)c1OCC. The molecule has 2 rings (SSSR count). The lowest BCUT2D eigenvalue weighted by atomic mass is 10.2. The van der Waals surface area contributed by atoms with Gasteiger partial charge in [-0.2, -0.15) is 5.10 Å². The Labute approximate surface area is 199 Å². The van der Waals surface area contributed by atoms with E-state index in [1.807, 2.05) is 13.8 Å². The zero-order valence-corrected chi connectivity index (χ0v) is 20.1. The summed E-state index contributed by atoms with van der Waals surface area (Å²) in [7, 11) is 0. The lowest BCUT2D eigenvalue weighted by Crippen LogP contribution is -2.29. The van der Waals surface area contributed by atoms with Crippen LogP contribution in [0.3, 0.4) is 0 Å². The summed E-state index contributed by atoms with van der Waals surface area (Å²) < 4.78 is 11.9. The number of hydrogen-bond donors (Lipinski definition) is 2. The summed E-state index contributed by atoms with van der Waals surface area (Å²) >= 11 is 15.2. The Bertz CT molecular complexity index is 970. The van der Waals surface area contributed by atoms with Gasteiger partial charge in [0.05, 0.1) is 33.9 Å². The molecule has 0 aliphatic heterocycles. The van der Waals surface area contributed by atoms with Crippen molar-refractivity contribution in [1.82, 2.24) is 10.7 Å². The first kappa shape index (κ1) is 25.0. The van der Waals surface area contributed by atoms with Crippen molar-refractivity contribution in [2.75, 3.05) is 19.8 Å². The van der Waals surface area contributed by atoms with Crippen LogP contribution in [0.5, 0.6) is 11.5 Å². The molecule has 0 saturated carbocycles. The van der Waals surface area contributed by atoms with Crippen LogP contribution < -0.4 is 20.2 Å². The van der Waals surface area contributed by atoms with Crippen molar-refractivity contribution < 1.29 is 19.1 Å². The molecule has 0 spiro atoms. The fraction of sp³-hybridized carbons (Fsp3) is 0.286. The molecule has 166 valence electrons. The Hall–Kier alpha value is -2.29. The summed E-state index contributed by atoms with van der Waals surface area (Å²) in [5.41, 5.74) is 3.50. The van der Waals surface area contributed by atoms with E-state index >= 15 is 0 Å². The number of nitrogens with one attached hydrogen (secondary N) is 2. The zero-order valence-electron chi connectivity index (χ0n) is 17.0.